The first-order chi connectivity index (χ1) is 9.40. The highest BCUT2D eigenvalue weighted by Crippen LogP contribution is 2.34. The van der Waals surface area contributed by atoms with Gasteiger partial charge in [-0.2, -0.15) is 0 Å². The number of hydrogen-bond donors (Lipinski definition) is 1. The van der Waals surface area contributed by atoms with Crippen LogP contribution in [0.2, 0.25) is 10.0 Å². The molecule has 0 saturated carbocycles. The van der Waals surface area contributed by atoms with Crippen molar-refractivity contribution in [2.45, 2.75) is 13.0 Å². The highest BCUT2D eigenvalue weighted by molar-refractivity contribution is 6.36. The molecule has 0 amide bonds. The van der Waals surface area contributed by atoms with Crippen LogP contribution in [-0.4, -0.2) is 17.8 Å². The fraction of sp³-hybridized carbons (Fsp3) is 0.167. The number of nitrogens with two attached hydrogens (primary N) is 1. The summed E-state index contributed by atoms with van der Waals surface area (Å²) in [7, 11) is 1.76. The summed E-state index contributed by atoms with van der Waals surface area (Å²) >= 11 is 12.0. The smallest absolute Gasteiger partial charge is 0.257 e. The Labute approximate surface area is 126 Å². The minimum absolute atomic E-state index is 0.0795. The lowest BCUT2D eigenvalue weighted by atomic mass is 10.1. The molecular weight excluding hydrogens is 303 g/mol. The highest BCUT2D eigenvalue weighted by Gasteiger charge is 2.20. The molecule has 0 saturated heterocycles. The molecule has 2 rings (SSSR count). The van der Waals surface area contributed by atoms with E-state index in [-0.39, 0.29) is 16.7 Å². The summed E-state index contributed by atoms with van der Waals surface area (Å²) in [6.07, 6.45) is 0.902. The average molecular weight is 314 g/mol. The highest BCUT2D eigenvalue weighted by atomic mass is 35.5. The van der Waals surface area contributed by atoms with E-state index in [2.05, 4.69) is 9.97 Å². The van der Waals surface area contributed by atoms with Gasteiger partial charge in [0.2, 0.25) is 0 Å². The predicted molar refractivity (Wildman–Crippen MR) is 80.1 cm³/mol. The summed E-state index contributed by atoms with van der Waals surface area (Å²) in [5, 5.41) is 0.229. The van der Waals surface area contributed by atoms with E-state index in [1.165, 1.54) is 18.3 Å². The van der Waals surface area contributed by atoms with E-state index in [1.807, 2.05) is 0 Å². The largest absolute Gasteiger partial charge is 0.467 e. The van der Waals surface area contributed by atoms with Crippen LogP contribution in [0.3, 0.4) is 0 Å². The van der Waals surface area contributed by atoms with Crippen molar-refractivity contribution in [3.05, 3.63) is 39.8 Å². The summed E-state index contributed by atoms with van der Waals surface area (Å²) < 4.78 is 19.1. The van der Waals surface area contributed by atoms with Crippen LogP contribution in [-0.2, 0) is 0 Å². The number of rotatable bonds is 3. The lowest BCUT2D eigenvalue weighted by Crippen LogP contribution is -2.15. The molecule has 4 nitrogen and oxygen atoms in total. The van der Waals surface area contributed by atoms with Crippen LogP contribution >= 0.6 is 23.2 Å². The molecular formula is C12H11BCl2FN3O. The van der Waals surface area contributed by atoms with Gasteiger partial charge in [-0.05, 0) is 19.1 Å². The summed E-state index contributed by atoms with van der Waals surface area (Å²) in [5.74, 6) is -0.259. The van der Waals surface area contributed by atoms with Crippen molar-refractivity contribution >= 4 is 42.5 Å². The number of anilines is 1. The zero-order valence-corrected chi connectivity index (χ0v) is 12.3. The van der Waals surface area contributed by atoms with Crippen LogP contribution in [0.4, 0.5) is 10.2 Å². The number of nitrogens with zero attached hydrogens (tertiary/aromatic N) is 2. The standard InChI is InChI=1S/C12H11BCl2FN3O/c1-5(9-6(14)2-3-7(16)10(9)15)20-12-11(17)18-4-8(13)19-12/h2-5H,13H2,1H3,(H2,17,18). The zero-order valence-electron chi connectivity index (χ0n) is 10.8. The Morgan fingerprint density at radius 3 is 2.80 bits per heavy atom. The van der Waals surface area contributed by atoms with E-state index < -0.39 is 11.9 Å². The van der Waals surface area contributed by atoms with Gasteiger partial charge in [0.25, 0.3) is 5.88 Å². The Balaban J connectivity index is 2.35. The van der Waals surface area contributed by atoms with Gasteiger partial charge in [0.1, 0.15) is 11.9 Å². The Bertz CT molecular complexity index is 657. The third kappa shape index (κ3) is 2.97. The second kappa shape index (κ2) is 5.85. The summed E-state index contributed by atoms with van der Waals surface area (Å²) in [4.78, 5) is 8.07. The molecule has 0 aliphatic rings. The molecule has 1 unspecified atom stereocenters. The number of ether oxygens (including phenoxy) is 1. The molecule has 0 aliphatic carbocycles. The van der Waals surface area contributed by atoms with Gasteiger partial charge in [-0.3, -0.25) is 0 Å². The lowest BCUT2D eigenvalue weighted by molar-refractivity contribution is 0.218. The van der Waals surface area contributed by atoms with Crippen LogP contribution in [0, 0.1) is 5.82 Å². The number of benzene rings is 1. The maximum absolute atomic E-state index is 13.5. The van der Waals surface area contributed by atoms with Gasteiger partial charge in [-0.25, -0.2) is 14.4 Å². The topological polar surface area (TPSA) is 61.0 Å². The first-order valence-electron chi connectivity index (χ1n) is 5.79. The number of hydrogen-bond acceptors (Lipinski definition) is 4. The molecule has 104 valence electrons. The molecule has 0 bridgehead atoms. The summed E-state index contributed by atoms with van der Waals surface area (Å²) in [6.45, 7) is 1.68. The van der Waals surface area contributed by atoms with Crippen molar-refractivity contribution in [1.29, 1.82) is 0 Å². The predicted octanol–water partition coefficient (Wildman–Crippen LogP) is 1.90. The van der Waals surface area contributed by atoms with Crippen LogP contribution in [0.5, 0.6) is 5.88 Å². The Kier molecular flexibility index (Phi) is 4.35. The fourth-order valence-corrected chi connectivity index (χ4v) is 2.37. The monoisotopic (exact) mass is 313 g/mol. The number of nitrogen functional groups attached to an aromatic ring is 1. The zero-order chi connectivity index (χ0) is 14.9. The minimum atomic E-state index is -0.621. The molecule has 0 fully saturated rings. The molecule has 20 heavy (non-hydrogen) atoms. The third-order valence-electron chi connectivity index (χ3n) is 2.66. The van der Waals surface area contributed by atoms with Gasteiger partial charge in [-0.1, -0.05) is 23.2 Å². The van der Waals surface area contributed by atoms with E-state index in [1.54, 1.807) is 14.8 Å². The van der Waals surface area contributed by atoms with Crippen LogP contribution in [0.15, 0.2) is 18.3 Å². The molecule has 2 N–H and O–H groups in total. The molecule has 1 heterocycles. The Morgan fingerprint density at radius 2 is 2.10 bits per heavy atom. The Morgan fingerprint density at radius 1 is 1.40 bits per heavy atom. The van der Waals surface area contributed by atoms with Gasteiger partial charge in [0.15, 0.2) is 13.7 Å². The molecule has 0 radical (unpaired) electrons. The molecule has 1 aromatic carbocycles. The van der Waals surface area contributed by atoms with Crippen molar-refractivity contribution in [1.82, 2.24) is 9.97 Å². The summed E-state index contributed by atoms with van der Waals surface area (Å²) in [6, 6.07) is 2.62. The van der Waals surface area contributed by atoms with Crippen LogP contribution in [0.25, 0.3) is 0 Å². The van der Waals surface area contributed by atoms with E-state index in [4.69, 9.17) is 33.7 Å². The van der Waals surface area contributed by atoms with Gasteiger partial charge in [-0.15, -0.1) is 0 Å². The van der Waals surface area contributed by atoms with Crippen LogP contribution in [0.1, 0.15) is 18.6 Å². The van der Waals surface area contributed by atoms with Crippen molar-refractivity contribution in [3.8, 4) is 5.88 Å². The van der Waals surface area contributed by atoms with E-state index >= 15 is 0 Å². The third-order valence-corrected chi connectivity index (χ3v) is 3.38. The summed E-state index contributed by atoms with van der Waals surface area (Å²) in [5.41, 5.74) is 6.68. The van der Waals surface area contributed by atoms with Crippen molar-refractivity contribution in [3.63, 3.8) is 0 Å². The van der Waals surface area contributed by atoms with Crippen molar-refractivity contribution in [2.24, 2.45) is 0 Å². The van der Waals surface area contributed by atoms with E-state index in [9.17, 15) is 4.39 Å². The van der Waals surface area contributed by atoms with Crippen LogP contribution < -0.4 is 16.1 Å². The molecule has 1 aromatic heterocycles. The molecule has 8 heteroatoms. The maximum atomic E-state index is 13.5. The van der Waals surface area contributed by atoms with Gasteiger partial charge in [0.05, 0.1) is 5.02 Å². The van der Waals surface area contributed by atoms with E-state index in [0.717, 1.165) is 0 Å². The van der Waals surface area contributed by atoms with Crippen molar-refractivity contribution in [2.75, 3.05) is 5.73 Å². The SMILES string of the molecule is Bc1cnc(N)c(OC(C)c2c(Cl)ccc(F)c2Cl)n1. The minimum Gasteiger partial charge on any atom is -0.467 e. The van der Waals surface area contributed by atoms with Gasteiger partial charge < -0.3 is 10.5 Å². The molecule has 0 spiro atoms. The quantitative estimate of drug-likeness (QED) is 0.694. The Hall–Kier alpha value is -1.53. The first kappa shape index (κ1) is 14.9. The number of aromatic nitrogens is 2. The first-order valence-corrected chi connectivity index (χ1v) is 6.55. The maximum Gasteiger partial charge on any atom is 0.257 e. The molecule has 1 atom stereocenters. The second-order valence-corrected chi connectivity index (χ2v) is 5.00. The molecule has 0 aliphatic heterocycles. The number of halogens is 3. The average Bonchev–Trinajstić information content (AvgIpc) is 2.39. The lowest BCUT2D eigenvalue weighted by Gasteiger charge is -2.18. The fourth-order valence-electron chi connectivity index (χ4n) is 1.69. The van der Waals surface area contributed by atoms with Crippen molar-refractivity contribution < 1.29 is 9.13 Å². The molecule has 2 aromatic rings. The second-order valence-electron chi connectivity index (χ2n) is 4.22. The normalized spacial score (nSPS) is 12.2. The van der Waals surface area contributed by atoms with Gasteiger partial charge >= 0.3 is 0 Å². The van der Waals surface area contributed by atoms with Gasteiger partial charge in [0, 0.05) is 22.4 Å². The van der Waals surface area contributed by atoms with E-state index in [0.29, 0.717) is 16.2 Å².